The van der Waals surface area contributed by atoms with Gasteiger partial charge in [0.15, 0.2) is 0 Å². The summed E-state index contributed by atoms with van der Waals surface area (Å²) in [4.78, 5) is 0. The zero-order valence-corrected chi connectivity index (χ0v) is 8.37. The molecule has 0 radical (unpaired) electrons. The third kappa shape index (κ3) is 1.26. The first-order chi connectivity index (χ1) is 6.61. The van der Waals surface area contributed by atoms with Gasteiger partial charge in [0.1, 0.15) is 0 Å². The van der Waals surface area contributed by atoms with Crippen molar-refractivity contribution in [2.24, 2.45) is 0 Å². The number of benzene rings is 1. The van der Waals surface area contributed by atoms with Crippen LogP contribution in [0.15, 0.2) is 17.5 Å². The number of nitrogen functional groups attached to an aromatic ring is 1. The monoisotopic (exact) mass is 213 g/mol. The van der Waals surface area contributed by atoms with Crippen LogP contribution < -0.4 is 5.73 Å². The molecule has 2 aromatic rings. The summed E-state index contributed by atoms with van der Waals surface area (Å²) in [6.45, 7) is 1.75. The smallest absolute Gasteiger partial charge is 0.267 e. The Morgan fingerprint density at radius 1 is 1.43 bits per heavy atom. The molecule has 0 spiro atoms. The summed E-state index contributed by atoms with van der Waals surface area (Å²) in [6, 6.07) is 3.67. The van der Waals surface area contributed by atoms with Crippen molar-refractivity contribution in [3.63, 3.8) is 0 Å². The predicted molar refractivity (Wildman–Crippen MR) is 55.9 cm³/mol. The first kappa shape index (κ1) is 9.40. The van der Waals surface area contributed by atoms with Crippen molar-refractivity contribution in [1.82, 2.24) is 0 Å². The number of rotatable bonds is 1. The molecule has 1 aromatic heterocycles. The van der Waals surface area contributed by atoms with Crippen LogP contribution in [0.4, 0.5) is 14.5 Å². The van der Waals surface area contributed by atoms with Crippen molar-refractivity contribution in [3.8, 4) is 0 Å². The largest absolute Gasteiger partial charge is 0.398 e. The highest BCUT2D eigenvalue weighted by molar-refractivity contribution is 7.17. The second-order valence-electron chi connectivity index (χ2n) is 3.16. The summed E-state index contributed by atoms with van der Waals surface area (Å²) < 4.78 is 26.1. The molecule has 0 bridgehead atoms. The second kappa shape index (κ2) is 3.20. The highest BCUT2D eigenvalue weighted by Gasteiger charge is 2.17. The van der Waals surface area contributed by atoms with E-state index in [1.807, 2.05) is 12.1 Å². The minimum atomic E-state index is -2.50. The van der Waals surface area contributed by atoms with E-state index in [1.54, 1.807) is 12.3 Å². The standard InChI is InChI=1S/C10H9F2NS/c1-5-4-6-2-3-14-9(6)7(8(5)13)10(11)12/h2-4,10H,13H2,1H3. The lowest BCUT2D eigenvalue weighted by Gasteiger charge is -2.08. The van der Waals surface area contributed by atoms with Crippen LogP contribution in [0.5, 0.6) is 0 Å². The molecule has 4 heteroatoms. The number of alkyl halides is 2. The zero-order chi connectivity index (χ0) is 10.3. The number of hydrogen-bond acceptors (Lipinski definition) is 2. The molecule has 2 N–H and O–H groups in total. The summed E-state index contributed by atoms with van der Waals surface area (Å²) in [5, 5.41) is 2.65. The first-order valence-corrected chi connectivity index (χ1v) is 5.03. The van der Waals surface area contributed by atoms with E-state index >= 15 is 0 Å². The number of thiophene rings is 1. The Hall–Kier alpha value is -1.16. The Bertz CT molecular complexity index is 476. The third-order valence-corrected chi connectivity index (χ3v) is 3.21. The number of halogens is 2. The van der Waals surface area contributed by atoms with E-state index in [0.29, 0.717) is 10.3 Å². The lowest BCUT2D eigenvalue weighted by molar-refractivity contribution is 0.154. The van der Waals surface area contributed by atoms with Gasteiger partial charge in [0.2, 0.25) is 0 Å². The predicted octanol–water partition coefficient (Wildman–Crippen LogP) is 3.73. The van der Waals surface area contributed by atoms with Crippen molar-refractivity contribution < 1.29 is 8.78 Å². The highest BCUT2D eigenvalue weighted by atomic mass is 32.1. The molecule has 1 heterocycles. The van der Waals surface area contributed by atoms with Gasteiger partial charge in [-0.3, -0.25) is 0 Å². The van der Waals surface area contributed by atoms with E-state index in [1.165, 1.54) is 11.3 Å². The summed E-state index contributed by atoms with van der Waals surface area (Å²) in [5.41, 5.74) is 6.55. The van der Waals surface area contributed by atoms with E-state index in [4.69, 9.17) is 5.73 Å². The Morgan fingerprint density at radius 2 is 2.14 bits per heavy atom. The van der Waals surface area contributed by atoms with Crippen molar-refractivity contribution >= 4 is 27.1 Å². The molecule has 14 heavy (non-hydrogen) atoms. The maximum Gasteiger partial charge on any atom is 0.267 e. The van der Waals surface area contributed by atoms with Crippen LogP contribution in [0.3, 0.4) is 0 Å². The average Bonchev–Trinajstić information content (AvgIpc) is 2.52. The molecule has 0 unspecified atom stereocenters. The summed E-state index contributed by atoms with van der Waals surface area (Å²) >= 11 is 1.31. The van der Waals surface area contributed by atoms with E-state index in [-0.39, 0.29) is 11.3 Å². The maximum absolute atomic E-state index is 12.7. The number of fused-ring (bicyclic) bond motifs is 1. The fourth-order valence-electron chi connectivity index (χ4n) is 1.51. The van der Waals surface area contributed by atoms with Crippen molar-refractivity contribution in [1.29, 1.82) is 0 Å². The van der Waals surface area contributed by atoms with Gasteiger partial charge in [-0.2, -0.15) is 0 Å². The molecule has 2 rings (SSSR count). The van der Waals surface area contributed by atoms with Gasteiger partial charge in [0.05, 0.1) is 5.56 Å². The van der Waals surface area contributed by atoms with Crippen molar-refractivity contribution in [2.75, 3.05) is 5.73 Å². The van der Waals surface area contributed by atoms with Crippen LogP contribution in [-0.2, 0) is 0 Å². The lowest BCUT2D eigenvalue weighted by Crippen LogP contribution is -1.97. The van der Waals surface area contributed by atoms with Crippen molar-refractivity contribution in [2.45, 2.75) is 13.3 Å². The molecule has 0 saturated carbocycles. The molecule has 0 aliphatic rings. The van der Waals surface area contributed by atoms with Crippen LogP contribution in [0, 0.1) is 6.92 Å². The number of aryl methyl sites for hydroxylation is 1. The molecular formula is C10H9F2NS. The molecule has 74 valence electrons. The molecule has 0 fully saturated rings. The normalized spacial score (nSPS) is 11.4. The van der Waals surface area contributed by atoms with Gasteiger partial charge in [0.25, 0.3) is 6.43 Å². The number of nitrogens with two attached hydrogens (primary N) is 1. The molecular weight excluding hydrogens is 204 g/mol. The van der Waals surface area contributed by atoms with Crippen LogP contribution in [0.25, 0.3) is 10.1 Å². The fourth-order valence-corrected chi connectivity index (χ4v) is 2.45. The molecule has 0 atom stereocenters. The van der Waals surface area contributed by atoms with Gasteiger partial charge in [-0.1, -0.05) is 0 Å². The van der Waals surface area contributed by atoms with Gasteiger partial charge in [-0.15, -0.1) is 11.3 Å². The minimum absolute atomic E-state index is 0.0185. The van der Waals surface area contributed by atoms with E-state index in [0.717, 1.165) is 5.39 Å². The topological polar surface area (TPSA) is 26.0 Å². The molecule has 0 saturated heterocycles. The highest BCUT2D eigenvalue weighted by Crippen LogP contribution is 2.37. The number of hydrogen-bond donors (Lipinski definition) is 1. The van der Waals surface area contributed by atoms with Gasteiger partial charge in [-0.25, -0.2) is 8.78 Å². The fraction of sp³-hybridized carbons (Fsp3) is 0.200. The average molecular weight is 213 g/mol. The Kier molecular flexibility index (Phi) is 2.15. The Balaban J connectivity index is 2.86. The lowest BCUT2D eigenvalue weighted by atomic mass is 10.1. The van der Waals surface area contributed by atoms with Crippen LogP contribution in [0.1, 0.15) is 17.6 Å². The molecule has 0 aliphatic heterocycles. The van der Waals surface area contributed by atoms with Crippen LogP contribution >= 0.6 is 11.3 Å². The quantitative estimate of drug-likeness (QED) is 0.717. The van der Waals surface area contributed by atoms with Gasteiger partial charge >= 0.3 is 0 Å². The minimum Gasteiger partial charge on any atom is -0.398 e. The van der Waals surface area contributed by atoms with Gasteiger partial charge < -0.3 is 5.73 Å². The molecule has 1 nitrogen and oxygen atoms in total. The van der Waals surface area contributed by atoms with Crippen LogP contribution in [-0.4, -0.2) is 0 Å². The Labute approximate surface area is 84.2 Å². The third-order valence-electron chi connectivity index (χ3n) is 2.25. The van der Waals surface area contributed by atoms with Gasteiger partial charge in [-0.05, 0) is 35.4 Å². The van der Waals surface area contributed by atoms with E-state index in [2.05, 4.69) is 0 Å². The Morgan fingerprint density at radius 3 is 2.79 bits per heavy atom. The first-order valence-electron chi connectivity index (χ1n) is 4.15. The second-order valence-corrected chi connectivity index (χ2v) is 4.08. The number of anilines is 1. The van der Waals surface area contributed by atoms with Gasteiger partial charge in [0, 0.05) is 10.4 Å². The molecule has 0 amide bonds. The zero-order valence-electron chi connectivity index (χ0n) is 7.55. The molecule has 0 aliphatic carbocycles. The van der Waals surface area contributed by atoms with Crippen molar-refractivity contribution in [3.05, 3.63) is 28.6 Å². The molecule has 1 aromatic carbocycles. The maximum atomic E-state index is 12.7. The summed E-state index contributed by atoms with van der Waals surface area (Å²) in [7, 11) is 0. The summed E-state index contributed by atoms with van der Waals surface area (Å²) in [5.74, 6) is 0. The summed E-state index contributed by atoms with van der Waals surface area (Å²) in [6.07, 6.45) is -2.50. The van der Waals surface area contributed by atoms with E-state index < -0.39 is 6.43 Å². The van der Waals surface area contributed by atoms with E-state index in [9.17, 15) is 8.78 Å². The SMILES string of the molecule is Cc1cc2ccsc2c(C(F)F)c1N. The van der Waals surface area contributed by atoms with Crippen LogP contribution in [0.2, 0.25) is 0 Å².